The van der Waals surface area contributed by atoms with Gasteiger partial charge in [0.1, 0.15) is 6.54 Å². The maximum absolute atomic E-state index is 12.7. The first kappa shape index (κ1) is 14.9. The molecule has 116 valence electrons. The van der Waals surface area contributed by atoms with Crippen LogP contribution >= 0.6 is 11.6 Å². The van der Waals surface area contributed by atoms with Gasteiger partial charge in [-0.3, -0.25) is 9.48 Å². The summed E-state index contributed by atoms with van der Waals surface area (Å²) in [5.74, 6) is 0.123. The fourth-order valence-electron chi connectivity index (χ4n) is 3.45. The summed E-state index contributed by atoms with van der Waals surface area (Å²) in [5.41, 5.74) is 1.63. The van der Waals surface area contributed by atoms with E-state index in [4.69, 9.17) is 16.3 Å². The van der Waals surface area contributed by atoms with Crippen LogP contribution in [0, 0.1) is 13.8 Å². The molecule has 2 atom stereocenters. The van der Waals surface area contributed by atoms with E-state index in [1.54, 1.807) is 4.68 Å². The Labute approximate surface area is 130 Å². The van der Waals surface area contributed by atoms with E-state index >= 15 is 0 Å². The van der Waals surface area contributed by atoms with E-state index in [1.807, 2.05) is 18.7 Å². The van der Waals surface area contributed by atoms with E-state index in [1.165, 1.54) is 12.8 Å². The molecule has 2 aliphatic rings. The number of morpholine rings is 1. The predicted octanol–water partition coefficient (Wildman–Crippen LogP) is 2.32. The van der Waals surface area contributed by atoms with Crippen molar-refractivity contribution >= 4 is 17.5 Å². The highest BCUT2D eigenvalue weighted by atomic mass is 35.5. The van der Waals surface area contributed by atoms with Crippen molar-refractivity contribution in [2.45, 2.75) is 58.2 Å². The number of ether oxygens (including phenoxy) is 1. The molecule has 5 nitrogen and oxygen atoms in total. The lowest BCUT2D eigenvalue weighted by Crippen LogP contribution is -2.55. The molecule has 0 aromatic carbocycles. The number of carbonyl (C=O) groups excluding carboxylic acids is 1. The molecule has 21 heavy (non-hydrogen) atoms. The Morgan fingerprint density at radius 2 is 2.14 bits per heavy atom. The van der Waals surface area contributed by atoms with Crippen LogP contribution in [0.3, 0.4) is 0 Å². The van der Waals surface area contributed by atoms with Crippen molar-refractivity contribution in [2.24, 2.45) is 0 Å². The van der Waals surface area contributed by atoms with Crippen molar-refractivity contribution in [2.75, 3.05) is 13.2 Å². The molecule has 1 aliphatic carbocycles. The standard InChI is InChI=1S/C15H22ClN3O2/c1-10-15(16)11(2)19(17-10)9-14(20)18-7-8-21-13-6-4-3-5-12(13)18/h12-13H,3-9H2,1-2H3. The van der Waals surface area contributed by atoms with Gasteiger partial charge in [0.2, 0.25) is 5.91 Å². The van der Waals surface area contributed by atoms with Crippen LogP contribution in [0.15, 0.2) is 0 Å². The third-order valence-electron chi connectivity index (χ3n) is 4.63. The second-order valence-corrected chi connectivity index (χ2v) is 6.37. The van der Waals surface area contributed by atoms with Gasteiger partial charge in [-0.1, -0.05) is 24.4 Å². The number of carbonyl (C=O) groups is 1. The molecule has 2 heterocycles. The second-order valence-electron chi connectivity index (χ2n) is 5.99. The van der Waals surface area contributed by atoms with Crippen molar-refractivity contribution in [3.8, 4) is 0 Å². The molecular formula is C15H22ClN3O2. The van der Waals surface area contributed by atoms with Gasteiger partial charge >= 0.3 is 0 Å². The summed E-state index contributed by atoms with van der Waals surface area (Å²) in [4.78, 5) is 14.7. The largest absolute Gasteiger partial charge is 0.374 e. The first-order valence-corrected chi connectivity index (χ1v) is 8.06. The smallest absolute Gasteiger partial charge is 0.244 e. The molecule has 1 aromatic rings. The molecule has 1 saturated heterocycles. The topological polar surface area (TPSA) is 47.4 Å². The number of nitrogens with zero attached hydrogens (tertiary/aromatic N) is 3. The summed E-state index contributed by atoms with van der Waals surface area (Å²) in [7, 11) is 0. The highest BCUT2D eigenvalue weighted by Gasteiger charge is 2.36. The van der Waals surface area contributed by atoms with Gasteiger partial charge in [0, 0.05) is 6.54 Å². The zero-order chi connectivity index (χ0) is 15.0. The number of halogens is 1. The Balaban J connectivity index is 1.73. The van der Waals surface area contributed by atoms with Crippen LogP contribution in [0.2, 0.25) is 5.02 Å². The first-order chi connectivity index (χ1) is 10.1. The van der Waals surface area contributed by atoms with Gasteiger partial charge in [0.05, 0.1) is 35.2 Å². The lowest BCUT2D eigenvalue weighted by molar-refractivity contribution is -0.150. The average molecular weight is 312 g/mol. The lowest BCUT2D eigenvalue weighted by Gasteiger charge is -2.43. The summed E-state index contributed by atoms with van der Waals surface area (Å²) < 4.78 is 7.54. The SMILES string of the molecule is Cc1nn(CC(=O)N2CCOC3CCCCC32)c(C)c1Cl. The fourth-order valence-corrected chi connectivity index (χ4v) is 3.59. The summed E-state index contributed by atoms with van der Waals surface area (Å²) in [5, 5.41) is 5.01. The zero-order valence-electron chi connectivity index (χ0n) is 12.6. The van der Waals surface area contributed by atoms with Crippen molar-refractivity contribution in [1.29, 1.82) is 0 Å². The molecule has 0 spiro atoms. The van der Waals surface area contributed by atoms with Crippen LogP contribution in [0.5, 0.6) is 0 Å². The monoisotopic (exact) mass is 311 g/mol. The minimum atomic E-state index is 0.123. The Kier molecular flexibility index (Phi) is 4.22. The number of rotatable bonds is 2. The summed E-state index contributed by atoms with van der Waals surface area (Å²) in [6.07, 6.45) is 4.73. The Hall–Kier alpha value is -1.07. The molecular weight excluding hydrogens is 290 g/mol. The van der Waals surface area contributed by atoms with Gasteiger partial charge in [-0.25, -0.2) is 0 Å². The summed E-state index contributed by atoms with van der Waals surface area (Å²) in [6.45, 7) is 5.36. The minimum absolute atomic E-state index is 0.123. The fraction of sp³-hybridized carbons (Fsp3) is 0.733. The van der Waals surface area contributed by atoms with Gasteiger partial charge in [-0.15, -0.1) is 0 Å². The maximum Gasteiger partial charge on any atom is 0.244 e. The van der Waals surface area contributed by atoms with Gasteiger partial charge in [0.15, 0.2) is 0 Å². The molecule has 2 fully saturated rings. The quantitative estimate of drug-likeness (QED) is 0.842. The van der Waals surface area contributed by atoms with Crippen molar-refractivity contribution < 1.29 is 9.53 Å². The molecule has 1 aromatic heterocycles. The van der Waals surface area contributed by atoms with E-state index < -0.39 is 0 Å². The molecule has 1 aliphatic heterocycles. The van der Waals surface area contributed by atoms with Crippen molar-refractivity contribution in [1.82, 2.24) is 14.7 Å². The van der Waals surface area contributed by atoms with E-state index in [9.17, 15) is 4.79 Å². The van der Waals surface area contributed by atoms with E-state index in [2.05, 4.69) is 5.10 Å². The first-order valence-electron chi connectivity index (χ1n) is 7.68. The Morgan fingerprint density at radius 1 is 1.38 bits per heavy atom. The van der Waals surface area contributed by atoms with Crippen LogP contribution in [-0.4, -0.2) is 45.9 Å². The lowest BCUT2D eigenvalue weighted by atomic mass is 9.90. The summed E-state index contributed by atoms with van der Waals surface area (Å²) in [6, 6.07) is 0.243. The van der Waals surface area contributed by atoms with Crippen LogP contribution in [0.25, 0.3) is 0 Å². The molecule has 3 rings (SSSR count). The van der Waals surface area contributed by atoms with Crippen LogP contribution < -0.4 is 0 Å². The van der Waals surface area contributed by atoms with Crippen LogP contribution in [-0.2, 0) is 16.1 Å². The summed E-state index contributed by atoms with van der Waals surface area (Å²) >= 11 is 6.15. The average Bonchev–Trinajstić information content (AvgIpc) is 2.74. The minimum Gasteiger partial charge on any atom is -0.374 e. The molecule has 0 N–H and O–H groups in total. The molecule has 0 radical (unpaired) electrons. The Bertz CT molecular complexity index is 541. The predicted molar refractivity (Wildman–Crippen MR) is 80.4 cm³/mol. The third-order valence-corrected chi connectivity index (χ3v) is 5.18. The molecule has 0 bridgehead atoms. The van der Waals surface area contributed by atoms with Gasteiger partial charge in [-0.2, -0.15) is 5.10 Å². The number of aryl methyl sites for hydroxylation is 1. The molecule has 2 unspecified atom stereocenters. The van der Waals surface area contributed by atoms with Gasteiger partial charge in [0.25, 0.3) is 0 Å². The van der Waals surface area contributed by atoms with Crippen LogP contribution in [0.1, 0.15) is 37.1 Å². The molecule has 1 saturated carbocycles. The highest BCUT2D eigenvalue weighted by molar-refractivity contribution is 6.31. The third kappa shape index (κ3) is 2.81. The maximum atomic E-state index is 12.7. The van der Waals surface area contributed by atoms with E-state index in [0.717, 1.165) is 24.2 Å². The molecule has 6 heteroatoms. The normalized spacial score (nSPS) is 25.8. The zero-order valence-corrected chi connectivity index (χ0v) is 13.4. The van der Waals surface area contributed by atoms with E-state index in [-0.39, 0.29) is 24.6 Å². The Morgan fingerprint density at radius 3 is 2.86 bits per heavy atom. The number of fused-ring (bicyclic) bond motifs is 1. The number of hydrogen-bond donors (Lipinski definition) is 0. The number of amides is 1. The molecule has 1 amide bonds. The second kappa shape index (κ2) is 5.97. The number of aromatic nitrogens is 2. The van der Waals surface area contributed by atoms with Gasteiger partial charge < -0.3 is 9.64 Å². The van der Waals surface area contributed by atoms with E-state index in [0.29, 0.717) is 18.2 Å². The van der Waals surface area contributed by atoms with Crippen molar-refractivity contribution in [3.05, 3.63) is 16.4 Å². The number of hydrogen-bond acceptors (Lipinski definition) is 3. The van der Waals surface area contributed by atoms with Crippen molar-refractivity contribution in [3.63, 3.8) is 0 Å². The highest BCUT2D eigenvalue weighted by Crippen LogP contribution is 2.29. The van der Waals surface area contributed by atoms with Crippen LogP contribution in [0.4, 0.5) is 0 Å². The van der Waals surface area contributed by atoms with Gasteiger partial charge in [-0.05, 0) is 26.7 Å².